The lowest BCUT2D eigenvalue weighted by Crippen LogP contribution is -2.26. The van der Waals surface area contributed by atoms with Gasteiger partial charge >= 0.3 is 0 Å². The third-order valence-corrected chi connectivity index (χ3v) is 2.93. The van der Waals surface area contributed by atoms with E-state index in [0.717, 1.165) is 18.8 Å². The van der Waals surface area contributed by atoms with Crippen molar-refractivity contribution in [3.63, 3.8) is 0 Å². The molecule has 12 heavy (non-hydrogen) atoms. The van der Waals surface area contributed by atoms with Gasteiger partial charge in [-0.25, -0.2) is 9.79 Å². The van der Waals surface area contributed by atoms with Gasteiger partial charge in [0.05, 0.1) is 6.04 Å². The molecule has 0 N–H and O–H groups in total. The van der Waals surface area contributed by atoms with Crippen molar-refractivity contribution in [2.45, 2.75) is 31.7 Å². The average Bonchev–Trinajstić information content (AvgIpc) is 2.04. The summed E-state index contributed by atoms with van der Waals surface area (Å²) >= 11 is 0. The third-order valence-electron chi connectivity index (χ3n) is 2.93. The molecule has 1 fully saturated rings. The van der Waals surface area contributed by atoms with E-state index >= 15 is 0 Å². The average molecular weight is 163 g/mol. The first kappa shape index (κ1) is 7.75. The monoisotopic (exact) mass is 163 g/mol. The van der Waals surface area contributed by atoms with Crippen molar-refractivity contribution in [2.75, 3.05) is 0 Å². The summed E-state index contributed by atoms with van der Waals surface area (Å²) in [6.07, 6.45) is 10.9. The highest BCUT2D eigenvalue weighted by Crippen LogP contribution is 2.36. The Hall–Kier alpha value is -0.880. The van der Waals surface area contributed by atoms with Gasteiger partial charge in [0.15, 0.2) is 0 Å². The fraction of sp³-hybridized carbons (Fsp3) is 0.700. The van der Waals surface area contributed by atoms with Gasteiger partial charge in [-0.15, -0.1) is 0 Å². The predicted molar refractivity (Wildman–Crippen MR) is 46.5 cm³/mol. The van der Waals surface area contributed by atoms with E-state index in [1.54, 1.807) is 6.08 Å². The van der Waals surface area contributed by atoms with E-state index in [1.807, 2.05) is 0 Å². The molecule has 0 saturated heterocycles. The lowest BCUT2D eigenvalue weighted by atomic mass is 9.74. The van der Waals surface area contributed by atoms with Crippen LogP contribution in [0.1, 0.15) is 25.7 Å². The number of allylic oxidation sites excluding steroid dienone is 2. The Labute approximate surface area is 72.4 Å². The summed E-state index contributed by atoms with van der Waals surface area (Å²) in [4.78, 5) is 13.9. The van der Waals surface area contributed by atoms with E-state index in [2.05, 4.69) is 17.1 Å². The number of aliphatic imine (C=N–C) groups is 1. The molecule has 1 saturated carbocycles. The molecular weight excluding hydrogens is 150 g/mol. The van der Waals surface area contributed by atoms with Crippen molar-refractivity contribution >= 4 is 6.08 Å². The molecule has 64 valence electrons. The van der Waals surface area contributed by atoms with Gasteiger partial charge in [-0.05, 0) is 37.5 Å². The molecule has 2 nitrogen and oxygen atoms in total. The molecule has 2 rings (SSSR count). The molecule has 2 heteroatoms. The fourth-order valence-corrected chi connectivity index (χ4v) is 2.44. The Morgan fingerprint density at radius 2 is 2.25 bits per heavy atom. The zero-order valence-corrected chi connectivity index (χ0v) is 7.07. The molecule has 3 unspecified atom stereocenters. The third kappa shape index (κ3) is 1.49. The standard InChI is InChI=1S/C10H13NO/c12-7-11-10-5-8-2-1-3-9(4-8)6-10/h1-2,8-10H,3-6H2. The molecule has 0 aromatic heterocycles. The van der Waals surface area contributed by atoms with Gasteiger partial charge in [-0.2, -0.15) is 0 Å². The second-order valence-corrected chi connectivity index (χ2v) is 3.87. The lowest BCUT2D eigenvalue weighted by Gasteiger charge is -2.33. The molecule has 0 amide bonds. The van der Waals surface area contributed by atoms with Gasteiger partial charge in [0.2, 0.25) is 6.08 Å². The molecular formula is C10H13NO. The lowest BCUT2D eigenvalue weighted by molar-refractivity contribution is 0.262. The summed E-state index contributed by atoms with van der Waals surface area (Å²) in [7, 11) is 0. The molecule has 0 aromatic carbocycles. The van der Waals surface area contributed by atoms with Crippen molar-refractivity contribution in [1.29, 1.82) is 0 Å². The van der Waals surface area contributed by atoms with Crippen LogP contribution in [0.3, 0.4) is 0 Å². The Kier molecular flexibility index (Phi) is 2.09. The minimum atomic E-state index is 0.260. The molecule has 2 aliphatic rings. The highest BCUT2D eigenvalue weighted by Gasteiger charge is 2.28. The van der Waals surface area contributed by atoms with Crippen molar-refractivity contribution in [2.24, 2.45) is 16.8 Å². The summed E-state index contributed by atoms with van der Waals surface area (Å²) in [5.41, 5.74) is 0. The minimum absolute atomic E-state index is 0.260. The van der Waals surface area contributed by atoms with Crippen molar-refractivity contribution in [1.82, 2.24) is 0 Å². The number of nitrogens with zero attached hydrogens (tertiary/aromatic N) is 1. The molecule has 2 bridgehead atoms. The topological polar surface area (TPSA) is 29.4 Å². The van der Waals surface area contributed by atoms with Crippen LogP contribution in [0.15, 0.2) is 17.1 Å². The summed E-state index contributed by atoms with van der Waals surface area (Å²) < 4.78 is 0. The maximum absolute atomic E-state index is 10.1. The number of fused-ring (bicyclic) bond motifs is 2. The first-order valence-corrected chi connectivity index (χ1v) is 4.62. The number of isocyanates is 1. The maximum Gasteiger partial charge on any atom is 0.235 e. The summed E-state index contributed by atoms with van der Waals surface area (Å²) in [5, 5.41) is 0. The fourth-order valence-electron chi connectivity index (χ4n) is 2.44. The van der Waals surface area contributed by atoms with Gasteiger partial charge in [0.1, 0.15) is 0 Å². The second-order valence-electron chi connectivity index (χ2n) is 3.87. The van der Waals surface area contributed by atoms with Crippen LogP contribution in [-0.2, 0) is 4.79 Å². The number of rotatable bonds is 1. The van der Waals surface area contributed by atoms with Gasteiger partial charge < -0.3 is 0 Å². The molecule has 0 heterocycles. The van der Waals surface area contributed by atoms with Crippen LogP contribution in [0, 0.1) is 11.8 Å². The summed E-state index contributed by atoms with van der Waals surface area (Å²) in [5.74, 6) is 1.45. The molecule has 3 atom stereocenters. The van der Waals surface area contributed by atoms with Gasteiger partial charge in [0, 0.05) is 0 Å². The molecule has 2 aliphatic carbocycles. The zero-order chi connectivity index (χ0) is 8.39. The van der Waals surface area contributed by atoms with Crippen molar-refractivity contribution < 1.29 is 4.79 Å². The number of hydrogen-bond acceptors (Lipinski definition) is 2. The first-order chi connectivity index (χ1) is 5.88. The predicted octanol–water partition coefficient (Wildman–Crippen LogP) is 2.07. The van der Waals surface area contributed by atoms with Gasteiger partial charge in [-0.1, -0.05) is 12.2 Å². The molecule has 0 radical (unpaired) electrons. The smallest absolute Gasteiger partial charge is 0.211 e. The van der Waals surface area contributed by atoms with Crippen LogP contribution >= 0.6 is 0 Å². The Balaban J connectivity index is 2.07. The Morgan fingerprint density at radius 3 is 3.00 bits per heavy atom. The Bertz CT molecular complexity index is 240. The summed E-state index contributed by atoms with van der Waals surface area (Å²) in [6.45, 7) is 0. The van der Waals surface area contributed by atoms with E-state index in [0.29, 0.717) is 5.92 Å². The van der Waals surface area contributed by atoms with Crippen LogP contribution in [0.25, 0.3) is 0 Å². The molecule has 0 aromatic rings. The van der Waals surface area contributed by atoms with E-state index in [1.165, 1.54) is 12.8 Å². The van der Waals surface area contributed by atoms with E-state index in [9.17, 15) is 4.79 Å². The van der Waals surface area contributed by atoms with Gasteiger partial charge in [0.25, 0.3) is 0 Å². The van der Waals surface area contributed by atoms with Crippen LogP contribution < -0.4 is 0 Å². The van der Waals surface area contributed by atoms with Crippen LogP contribution in [0.5, 0.6) is 0 Å². The number of hydrogen-bond donors (Lipinski definition) is 0. The normalized spacial score (nSPS) is 38.8. The molecule has 0 aliphatic heterocycles. The quantitative estimate of drug-likeness (QED) is 0.330. The summed E-state index contributed by atoms with van der Waals surface area (Å²) in [6, 6.07) is 0.260. The maximum atomic E-state index is 10.1. The SMILES string of the molecule is O=C=NC1CC2C=CCC(C2)C1. The van der Waals surface area contributed by atoms with Crippen molar-refractivity contribution in [3.8, 4) is 0 Å². The van der Waals surface area contributed by atoms with Crippen LogP contribution in [-0.4, -0.2) is 12.1 Å². The van der Waals surface area contributed by atoms with Crippen LogP contribution in [0.4, 0.5) is 0 Å². The highest BCUT2D eigenvalue weighted by molar-refractivity contribution is 5.33. The largest absolute Gasteiger partial charge is 0.235 e. The van der Waals surface area contributed by atoms with E-state index in [-0.39, 0.29) is 6.04 Å². The van der Waals surface area contributed by atoms with E-state index in [4.69, 9.17) is 0 Å². The van der Waals surface area contributed by atoms with E-state index < -0.39 is 0 Å². The van der Waals surface area contributed by atoms with Crippen LogP contribution in [0.2, 0.25) is 0 Å². The van der Waals surface area contributed by atoms with Crippen molar-refractivity contribution in [3.05, 3.63) is 12.2 Å². The highest BCUT2D eigenvalue weighted by atomic mass is 16.1. The minimum Gasteiger partial charge on any atom is -0.211 e. The van der Waals surface area contributed by atoms with Gasteiger partial charge in [-0.3, -0.25) is 0 Å². The second kappa shape index (κ2) is 3.24. The first-order valence-electron chi connectivity index (χ1n) is 4.62. The molecule has 0 spiro atoms. The number of carbonyl (C=O) groups excluding carboxylic acids is 1. The zero-order valence-electron chi connectivity index (χ0n) is 7.07. The Morgan fingerprint density at radius 1 is 1.33 bits per heavy atom.